The van der Waals surface area contributed by atoms with Crippen molar-refractivity contribution in [3.63, 3.8) is 0 Å². The van der Waals surface area contributed by atoms with E-state index in [2.05, 4.69) is 12.2 Å². The number of hydrogen-bond acceptors (Lipinski definition) is 4. The Morgan fingerprint density at radius 2 is 1.88 bits per heavy atom. The highest BCUT2D eigenvalue weighted by atomic mass is 16.5. The normalized spacial score (nSPS) is 15.0. The van der Waals surface area contributed by atoms with Crippen LogP contribution in [0.5, 0.6) is 0 Å². The van der Waals surface area contributed by atoms with Gasteiger partial charge in [0.05, 0.1) is 32.0 Å². The smallest absolute Gasteiger partial charge is 0.0781 e. The minimum absolute atomic E-state index is 0.141. The molecule has 16 heavy (non-hydrogen) atoms. The Bertz CT molecular complexity index is 144. The van der Waals surface area contributed by atoms with E-state index in [0.29, 0.717) is 19.8 Å². The highest BCUT2D eigenvalue weighted by molar-refractivity contribution is 4.65. The van der Waals surface area contributed by atoms with Crippen LogP contribution in [0.25, 0.3) is 0 Å². The van der Waals surface area contributed by atoms with Crippen LogP contribution in [0, 0.1) is 0 Å². The topological polar surface area (TPSA) is 39.7 Å². The summed E-state index contributed by atoms with van der Waals surface area (Å²) >= 11 is 0. The first kappa shape index (κ1) is 15.8. The molecule has 0 amide bonds. The maximum atomic E-state index is 5.69. The Morgan fingerprint density at radius 1 is 1.12 bits per heavy atom. The molecule has 0 saturated heterocycles. The summed E-state index contributed by atoms with van der Waals surface area (Å²) in [4.78, 5) is 0. The minimum atomic E-state index is 0.141. The van der Waals surface area contributed by atoms with E-state index in [9.17, 15) is 0 Å². The Labute approximate surface area is 99.6 Å². The first-order valence-corrected chi connectivity index (χ1v) is 6.16. The van der Waals surface area contributed by atoms with Crippen molar-refractivity contribution in [1.82, 2.24) is 5.32 Å². The lowest BCUT2D eigenvalue weighted by atomic mass is 10.3. The fourth-order valence-electron chi connectivity index (χ4n) is 1.33. The monoisotopic (exact) mass is 233 g/mol. The SMILES string of the molecule is CCCNC(COC)COC(C)COCC. The number of ether oxygens (including phenoxy) is 3. The molecule has 4 heteroatoms. The molecular weight excluding hydrogens is 206 g/mol. The highest BCUT2D eigenvalue weighted by Gasteiger charge is 2.10. The van der Waals surface area contributed by atoms with Crippen molar-refractivity contribution >= 4 is 0 Å². The van der Waals surface area contributed by atoms with E-state index >= 15 is 0 Å². The zero-order chi connectivity index (χ0) is 12.2. The Kier molecular flexibility index (Phi) is 11.2. The van der Waals surface area contributed by atoms with E-state index in [1.165, 1.54) is 0 Å². The maximum absolute atomic E-state index is 5.69. The van der Waals surface area contributed by atoms with E-state index in [1.807, 2.05) is 13.8 Å². The molecule has 98 valence electrons. The highest BCUT2D eigenvalue weighted by Crippen LogP contribution is 1.96. The van der Waals surface area contributed by atoms with Crippen LogP contribution in [0.3, 0.4) is 0 Å². The number of hydrogen-bond donors (Lipinski definition) is 1. The maximum Gasteiger partial charge on any atom is 0.0781 e. The molecule has 0 spiro atoms. The largest absolute Gasteiger partial charge is 0.383 e. The molecule has 0 radical (unpaired) electrons. The summed E-state index contributed by atoms with van der Waals surface area (Å²) in [6.45, 7) is 9.91. The van der Waals surface area contributed by atoms with E-state index < -0.39 is 0 Å². The van der Waals surface area contributed by atoms with Gasteiger partial charge in [-0.3, -0.25) is 0 Å². The average Bonchev–Trinajstić information content (AvgIpc) is 2.30. The van der Waals surface area contributed by atoms with Crippen LogP contribution in [-0.4, -0.2) is 52.2 Å². The summed E-state index contributed by atoms with van der Waals surface area (Å²) in [7, 11) is 1.71. The molecule has 0 aliphatic heterocycles. The van der Waals surface area contributed by atoms with Gasteiger partial charge in [0.15, 0.2) is 0 Å². The van der Waals surface area contributed by atoms with Crippen LogP contribution in [0.2, 0.25) is 0 Å². The zero-order valence-corrected chi connectivity index (χ0v) is 11.1. The molecule has 2 atom stereocenters. The van der Waals surface area contributed by atoms with Gasteiger partial charge in [0, 0.05) is 13.7 Å². The van der Waals surface area contributed by atoms with Gasteiger partial charge in [-0.25, -0.2) is 0 Å². The molecule has 0 aromatic rings. The van der Waals surface area contributed by atoms with Crippen molar-refractivity contribution < 1.29 is 14.2 Å². The van der Waals surface area contributed by atoms with Gasteiger partial charge < -0.3 is 19.5 Å². The van der Waals surface area contributed by atoms with Crippen LogP contribution < -0.4 is 5.32 Å². The van der Waals surface area contributed by atoms with Crippen molar-refractivity contribution in [2.45, 2.75) is 39.3 Å². The van der Waals surface area contributed by atoms with Gasteiger partial charge in [-0.2, -0.15) is 0 Å². The molecule has 0 aliphatic carbocycles. The summed E-state index contributed by atoms with van der Waals surface area (Å²) in [5, 5.41) is 3.39. The average molecular weight is 233 g/mol. The zero-order valence-electron chi connectivity index (χ0n) is 11.1. The third kappa shape index (κ3) is 9.09. The first-order valence-electron chi connectivity index (χ1n) is 6.16. The van der Waals surface area contributed by atoms with Crippen molar-refractivity contribution in [2.24, 2.45) is 0 Å². The van der Waals surface area contributed by atoms with E-state index in [4.69, 9.17) is 14.2 Å². The van der Waals surface area contributed by atoms with Crippen LogP contribution >= 0.6 is 0 Å². The lowest BCUT2D eigenvalue weighted by molar-refractivity contribution is -0.0190. The van der Waals surface area contributed by atoms with Crippen molar-refractivity contribution in [1.29, 1.82) is 0 Å². The van der Waals surface area contributed by atoms with Gasteiger partial charge in [-0.1, -0.05) is 6.92 Å². The van der Waals surface area contributed by atoms with Crippen LogP contribution in [0.15, 0.2) is 0 Å². The van der Waals surface area contributed by atoms with Crippen LogP contribution in [0.4, 0.5) is 0 Å². The molecule has 0 aliphatic rings. The Hall–Kier alpha value is -0.160. The summed E-state index contributed by atoms with van der Waals surface area (Å²) in [6.07, 6.45) is 1.26. The molecule has 0 saturated carbocycles. The summed E-state index contributed by atoms with van der Waals surface area (Å²) in [5.74, 6) is 0. The molecule has 0 aromatic heterocycles. The Morgan fingerprint density at radius 3 is 2.44 bits per heavy atom. The first-order chi connectivity index (χ1) is 7.74. The lowest BCUT2D eigenvalue weighted by Crippen LogP contribution is -2.39. The molecule has 2 unspecified atom stereocenters. The summed E-state index contributed by atoms with van der Waals surface area (Å²) in [6, 6.07) is 0.272. The van der Waals surface area contributed by atoms with Crippen molar-refractivity contribution in [3.8, 4) is 0 Å². The molecule has 4 nitrogen and oxygen atoms in total. The molecule has 0 bridgehead atoms. The molecule has 0 aromatic carbocycles. The van der Waals surface area contributed by atoms with Gasteiger partial charge >= 0.3 is 0 Å². The molecule has 0 fully saturated rings. The van der Waals surface area contributed by atoms with Crippen LogP contribution in [0.1, 0.15) is 27.2 Å². The fraction of sp³-hybridized carbons (Fsp3) is 1.00. The third-order valence-corrected chi connectivity index (χ3v) is 2.19. The minimum Gasteiger partial charge on any atom is -0.383 e. The predicted octanol–water partition coefficient (Wildman–Crippen LogP) is 1.44. The quantitative estimate of drug-likeness (QED) is 0.586. The second-order valence-electron chi connectivity index (χ2n) is 3.91. The molecular formula is C12H27NO3. The van der Waals surface area contributed by atoms with Crippen LogP contribution in [-0.2, 0) is 14.2 Å². The van der Waals surface area contributed by atoms with Crippen molar-refractivity contribution in [2.75, 3.05) is 40.1 Å². The molecule has 0 rings (SSSR count). The summed E-state index contributed by atoms with van der Waals surface area (Å²) < 4.78 is 16.1. The van der Waals surface area contributed by atoms with E-state index in [1.54, 1.807) is 7.11 Å². The molecule has 1 N–H and O–H groups in total. The second-order valence-corrected chi connectivity index (χ2v) is 3.91. The number of nitrogens with one attached hydrogen (secondary N) is 1. The Balaban J connectivity index is 3.63. The number of rotatable bonds is 11. The van der Waals surface area contributed by atoms with Gasteiger partial charge in [0.2, 0.25) is 0 Å². The predicted molar refractivity (Wildman–Crippen MR) is 65.9 cm³/mol. The second kappa shape index (κ2) is 11.3. The van der Waals surface area contributed by atoms with Gasteiger partial charge in [-0.05, 0) is 26.8 Å². The van der Waals surface area contributed by atoms with E-state index in [-0.39, 0.29) is 12.1 Å². The van der Waals surface area contributed by atoms with E-state index in [0.717, 1.165) is 19.6 Å². The molecule has 0 heterocycles. The van der Waals surface area contributed by atoms with Gasteiger partial charge in [0.1, 0.15) is 0 Å². The van der Waals surface area contributed by atoms with Crippen molar-refractivity contribution in [3.05, 3.63) is 0 Å². The van der Waals surface area contributed by atoms with Gasteiger partial charge in [-0.15, -0.1) is 0 Å². The van der Waals surface area contributed by atoms with Gasteiger partial charge in [0.25, 0.3) is 0 Å². The fourth-order valence-corrected chi connectivity index (χ4v) is 1.33. The third-order valence-electron chi connectivity index (χ3n) is 2.19. The lowest BCUT2D eigenvalue weighted by Gasteiger charge is -2.20. The number of methoxy groups -OCH3 is 1. The summed E-state index contributed by atoms with van der Waals surface area (Å²) in [5.41, 5.74) is 0. The standard InChI is InChI=1S/C12H27NO3/c1-5-7-13-12(9-14-4)10-16-11(3)8-15-6-2/h11-13H,5-10H2,1-4H3.